The van der Waals surface area contributed by atoms with Crippen molar-refractivity contribution in [3.8, 4) is 0 Å². The number of carboxylic acids is 1. The van der Waals surface area contributed by atoms with Gasteiger partial charge in [-0.3, -0.25) is 4.99 Å². The van der Waals surface area contributed by atoms with Crippen molar-refractivity contribution in [1.29, 1.82) is 0 Å². The minimum atomic E-state index is -1.05. The summed E-state index contributed by atoms with van der Waals surface area (Å²) in [6, 6.07) is 0. The number of allylic oxidation sites excluding steroid dienone is 5. The van der Waals surface area contributed by atoms with E-state index in [2.05, 4.69) is 18.2 Å². The fourth-order valence-electron chi connectivity index (χ4n) is 0.855. The normalized spacial score (nSPS) is 12.9. The summed E-state index contributed by atoms with van der Waals surface area (Å²) in [6.07, 6.45) is 6.55. The molecule has 1 N–H and O–H groups in total. The third-order valence-corrected chi connectivity index (χ3v) is 1.66. The van der Waals surface area contributed by atoms with E-state index in [0.717, 1.165) is 11.1 Å². The molecule has 0 bridgehead atoms. The average molecular weight is 205 g/mol. The predicted octanol–water partition coefficient (Wildman–Crippen LogP) is 2.39. The first kappa shape index (κ1) is 13.1. The third-order valence-electron chi connectivity index (χ3n) is 1.66. The second-order valence-corrected chi connectivity index (χ2v) is 2.89. The molecule has 80 valence electrons. The molecule has 0 aromatic carbocycles. The lowest BCUT2D eigenvalue weighted by atomic mass is 10.1. The maximum absolute atomic E-state index is 10.7. The number of rotatable bonds is 5. The standard InChI is InChI=1S/C12H15NO2/c1-5-6-7-10(9(2)3)8-11(13-4)12(14)15/h5-8H,1-2H2,3-4H3,(H,14,15)/b7-6-,10-8-,13-11?. The Labute approximate surface area is 89.8 Å². The summed E-state index contributed by atoms with van der Waals surface area (Å²) in [5, 5.41) is 8.78. The van der Waals surface area contributed by atoms with E-state index in [1.165, 1.54) is 13.1 Å². The lowest BCUT2D eigenvalue weighted by Gasteiger charge is -2.00. The average Bonchev–Trinajstić information content (AvgIpc) is 2.17. The van der Waals surface area contributed by atoms with E-state index >= 15 is 0 Å². The summed E-state index contributed by atoms with van der Waals surface area (Å²) in [5.41, 5.74) is 1.50. The summed E-state index contributed by atoms with van der Waals surface area (Å²) in [6.45, 7) is 9.09. The van der Waals surface area contributed by atoms with Gasteiger partial charge in [0.2, 0.25) is 0 Å². The van der Waals surface area contributed by atoms with Gasteiger partial charge >= 0.3 is 5.97 Å². The van der Waals surface area contributed by atoms with Crippen LogP contribution in [0.2, 0.25) is 0 Å². The number of carboxylic acid groups (broad SMARTS) is 1. The summed E-state index contributed by atoms with van der Waals surface area (Å²) in [4.78, 5) is 14.4. The minimum absolute atomic E-state index is 0.00159. The van der Waals surface area contributed by atoms with Crippen LogP contribution < -0.4 is 0 Å². The molecule has 3 heteroatoms. The molecule has 15 heavy (non-hydrogen) atoms. The van der Waals surface area contributed by atoms with Crippen molar-refractivity contribution < 1.29 is 9.90 Å². The van der Waals surface area contributed by atoms with E-state index in [0.29, 0.717) is 0 Å². The molecule has 3 nitrogen and oxygen atoms in total. The highest BCUT2D eigenvalue weighted by molar-refractivity contribution is 6.40. The lowest BCUT2D eigenvalue weighted by Crippen LogP contribution is -2.10. The Morgan fingerprint density at radius 2 is 2.07 bits per heavy atom. The Morgan fingerprint density at radius 1 is 1.47 bits per heavy atom. The zero-order chi connectivity index (χ0) is 11.8. The maximum atomic E-state index is 10.7. The van der Waals surface area contributed by atoms with E-state index in [1.807, 2.05) is 0 Å². The number of carbonyl (C=O) groups is 1. The Morgan fingerprint density at radius 3 is 2.40 bits per heavy atom. The first-order valence-electron chi connectivity index (χ1n) is 4.39. The number of nitrogens with zero attached hydrogens (tertiary/aromatic N) is 1. The summed E-state index contributed by atoms with van der Waals surface area (Å²) >= 11 is 0. The highest BCUT2D eigenvalue weighted by atomic mass is 16.4. The van der Waals surface area contributed by atoms with Crippen LogP contribution in [0.1, 0.15) is 6.92 Å². The van der Waals surface area contributed by atoms with E-state index in [-0.39, 0.29) is 5.71 Å². The van der Waals surface area contributed by atoms with E-state index in [9.17, 15) is 4.79 Å². The summed E-state index contributed by atoms with van der Waals surface area (Å²) < 4.78 is 0. The summed E-state index contributed by atoms with van der Waals surface area (Å²) in [7, 11) is 1.44. The van der Waals surface area contributed by atoms with E-state index < -0.39 is 5.97 Å². The molecule has 0 aromatic rings. The molecule has 0 saturated carbocycles. The molecule has 0 atom stereocenters. The lowest BCUT2D eigenvalue weighted by molar-refractivity contribution is -0.129. The van der Waals surface area contributed by atoms with Crippen molar-refractivity contribution in [3.63, 3.8) is 0 Å². The molecular weight excluding hydrogens is 190 g/mol. The van der Waals surface area contributed by atoms with Crippen LogP contribution in [-0.4, -0.2) is 23.8 Å². The highest BCUT2D eigenvalue weighted by Crippen LogP contribution is 2.09. The molecule has 0 radical (unpaired) electrons. The smallest absolute Gasteiger partial charge is 0.354 e. The van der Waals surface area contributed by atoms with Gasteiger partial charge in [0.1, 0.15) is 5.71 Å². The molecule has 0 rings (SSSR count). The fraction of sp³-hybridized carbons (Fsp3) is 0.167. The molecule has 0 aliphatic heterocycles. The number of aliphatic imine (C=N–C) groups is 1. The van der Waals surface area contributed by atoms with Crippen LogP contribution in [0.15, 0.2) is 53.6 Å². The van der Waals surface area contributed by atoms with Gasteiger partial charge in [0.15, 0.2) is 0 Å². The van der Waals surface area contributed by atoms with Gasteiger partial charge in [0, 0.05) is 7.05 Å². The molecule has 0 spiro atoms. The second-order valence-electron chi connectivity index (χ2n) is 2.89. The van der Waals surface area contributed by atoms with Gasteiger partial charge in [-0.2, -0.15) is 0 Å². The van der Waals surface area contributed by atoms with Crippen LogP contribution in [0, 0.1) is 0 Å². The quantitative estimate of drug-likeness (QED) is 0.553. The van der Waals surface area contributed by atoms with Gasteiger partial charge in [-0.05, 0) is 18.6 Å². The predicted molar refractivity (Wildman–Crippen MR) is 63.2 cm³/mol. The first-order valence-corrected chi connectivity index (χ1v) is 4.39. The number of aliphatic carboxylic acids is 1. The molecule has 0 aromatic heterocycles. The van der Waals surface area contributed by atoms with Crippen molar-refractivity contribution in [1.82, 2.24) is 0 Å². The molecule has 0 heterocycles. The van der Waals surface area contributed by atoms with Crippen LogP contribution in [0.25, 0.3) is 0 Å². The zero-order valence-corrected chi connectivity index (χ0v) is 9.03. The topological polar surface area (TPSA) is 49.7 Å². The number of hydrogen-bond donors (Lipinski definition) is 1. The molecule has 0 fully saturated rings. The van der Waals surface area contributed by atoms with Crippen molar-refractivity contribution >= 4 is 11.7 Å². The first-order chi connectivity index (χ1) is 7.02. The molecule has 0 saturated heterocycles. The van der Waals surface area contributed by atoms with Crippen LogP contribution in [0.5, 0.6) is 0 Å². The largest absolute Gasteiger partial charge is 0.477 e. The van der Waals surface area contributed by atoms with Crippen molar-refractivity contribution in [2.45, 2.75) is 6.92 Å². The molecule has 0 aliphatic rings. The maximum Gasteiger partial charge on any atom is 0.354 e. The SMILES string of the molecule is C=C/C=C\C(=C\C(=NC)C(=O)O)C(=C)C. The fourth-order valence-corrected chi connectivity index (χ4v) is 0.855. The van der Waals surface area contributed by atoms with Gasteiger partial charge in [0.05, 0.1) is 0 Å². The summed E-state index contributed by atoms with van der Waals surface area (Å²) in [5.74, 6) is -1.05. The molecular formula is C12H15NO2. The van der Waals surface area contributed by atoms with Gasteiger partial charge in [-0.25, -0.2) is 4.79 Å². The minimum Gasteiger partial charge on any atom is -0.477 e. The van der Waals surface area contributed by atoms with Crippen LogP contribution in [0.3, 0.4) is 0 Å². The van der Waals surface area contributed by atoms with Crippen LogP contribution in [-0.2, 0) is 4.79 Å². The van der Waals surface area contributed by atoms with Gasteiger partial charge in [0.25, 0.3) is 0 Å². The van der Waals surface area contributed by atoms with Crippen molar-refractivity contribution in [2.24, 2.45) is 4.99 Å². The molecule has 0 amide bonds. The highest BCUT2D eigenvalue weighted by Gasteiger charge is 2.05. The Kier molecular flexibility index (Phi) is 5.71. The van der Waals surface area contributed by atoms with Crippen LogP contribution in [0.4, 0.5) is 0 Å². The van der Waals surface area contributed by atoms with Gasteiger partial charge in [-0.15, -0.1) is 0 Å². The zero-order valence-electron chi connectivity index (χ0n) is 9.03. The van der Waals surface area contributed by atoms with Gasteiger partial charge in [-0.1, -0.05) is 37.0 Å². The van der Waals surface area contributed by atoms with E-state index in [1.54, 1.807) is 25.2 Å². The number of hydrogen-bond acceptors (Lipinski definition) is 2. The Bertz CT molecular complexity index is 360. The van der Waals surface area contributed by atoms with Crippen LogP contribution >= 0.6 is 0 Å². The third kappa shape index (κ3) is 4.76. The van der Waals surface area contributed by atoms with Crippen molar-refractivity contribution in [2.75, 3.05) is 7.05 Å². The monoisotopic (exact) mass is 205 g/mol. The molecule has 0 unspecified atom stereocenters. The molecule has 0 aliphatic carbocycles. The Hall–Kier alpha value is -1.90. The van der Waals surface area contributed by atoms with E-state index in [4.69, 9.17) is 5.11 Å². The second kappa shape index (κ2) is 6.54. The van der Waals surface area contributed by atoms with Gasteiger partial charge < -0.3 is 5.11 Å². The van der Waals surface area contributed by atoms with Crippen molar-refractivity contribution in [3.05, 3.63) is 48.6 Å². The Balaban J connectivity index is 5.15.